The van der Waals surface area contributed by atoms with Crippen molar-refractivity contribution in [2.24, 2.45) is 11.8 Å². The Hall–Kier alpha value is -8.54. The molecule has 2 saturated heterocycles. The van der Waals surface area contributed by atoms with Crippen LogP contribution in [0, 0.1) is 76.6 Å². The first-order valence-electron chi connectivity index (χ1n) is 33.7. The summed E-state index contributed by atoms with van der Waals surface area (Å²) < 4.78 is 242. The second kappa shape index (κ2) is 33.3. The number of nitrogens with zero attached hydrogens (tertiary/aromatic N) is 4. The van der Waals surface area contributed by atoms with E-state index in [0.717, 1.165) is 39.9 Å². The number of carboxylic acids is 1. The van der Waals surface area contributed by atoms with Crippen molar-refractivity contribution >= 4 is 23.8 Å². The Balaban J connectivity index is 0.000000291. The zero-order valence-electron chi connectivity index (χ0n) is 59.0. The van der Waals surface area contributed by atoms with Crippen LogP contribution in [0.5, 0.6) is 0 Å². The Kier molecular flexibility index (Phi) is 26.5. The molecule has 6 aromatic rings. The van der Waals surface area contributed by atoms with E-state index in [-0.39, 0.29) is 73.6 Å². The molecule has 0 saturated carbocycles. The Labute approximate surface area is 589 Å². The maximum absolute atomic E-state index is 16.7. The van der Waals surface area contributed by atoms with Crippen LogP contribution in [0.3, 0.4) is 0 Å². The van der Waals surface area contributed by atoms with E-state index in [2.05, 4.69) is 10.6 Å². The van der Waals surface area contributed by atoms with Crippen molar-refractivity contribution < 1.29 is 99.3 Å². The molecular formula is C74H82F16N6O8. The average molecular weight is 1490 g/mol. The number of alkyl halides is 12. The van der Waals surface area contributed by atoms with E-state index in [1.165, 1.54) is 20.8 Å². The second-order valence-electron chi connectivity index (χ2n) is 27.4. The first kappa shape index (κ1) is 82.7. The Bertz CT molecular complexity index is 4260. The highest BCUT2D eigenvalue weighted by molar-refractivity contribution is 5.84. The fourth-order valence-electron chi connectivity index (χ4n) is 13.4. The fraction of sp³-hybridized carbons (Fsp3) is 0.486. The van der Waals surface area contributed by atoms with Gasteiger partial charge in [0.05, 0.1) is 53.8 Å². The number of carboxylic acid groups (broad SMARTS) is 1. The van der Waals surface area contributed by atoms with Crippen molar-refractivity contribution in [2.45, 2.75) is 176 Å². The van der Waals surface area contributed by atoms with Crippen LogP contribution in [-0.2, 0) is 61.5 Å². The number of aliphatic carboxylic acids is 1. The van der Waals surface area contributed by atoms with Crippen molar-refractivity contribution in [3.63, 3.8) is 0 Å². The van der Waals surface area contributed by atoms with Gasteiger partial charge >= 0.3 is 36.6 Å². The number of carbonyl (C=O) groups excluding carboxylic acids is 3. The summed E-state index contributed by atoms with van der Waals surface area (Å²) in [5.74, 6) is -13.3. The van der Waals surface area contributed by atoms with Crippen LogP contribution in [0.1, 0.15) is 175 Å². The minimum Gasteiger partial charge on any atom is -0.481 e. The summed E-state index contributed by atoms with van der Waals surface area (Å²) >= 11 is 0. The number of ether oxygens (including phenoxy) is 1. The number of esters is 1. The molecule has 14 nitrogen and oxygen atoms in total. The van der Waals surface area contributed by atoms with Crippen LogP contribution >= 0.6 is 0 Å². The van der Waals surface area contributed by atoms with Crippen LogP contribution in [0.15, 0.2) is 70.5 Å². The van der Waals surface area contributed by atoms with Crippen molar-refractivity contribution in [1.29, 1.82) is 0 Å². The molecule has 0 radical (unpaired) electrons. The van der Waals surface area contributed by atoms with Crippen LogP contribution < -0.4 is 21.8 Å². The van der Waals surface area contributed by atoms with Gasteiger partial charge in [0.25, 0.3) is 11.1 Å². The van der Waals surface area contributed by atoms with Crippen LogP contribution in [0.25, 0.3) is 22.3 Å². The van der Waals surface area contributed by atoms with E-state index in [0.29, 0.717) is 78.3 Å². The molecule has 30 heteroatoms. The molecule has 0 spiro atoms. The SMILES string of the molecule is CCOC(=O)C[C@H](NC(=O)C(CC(C)C)n1cc(CCN2CCC2)c(C(F)(F)F)cc1=O)c1c(F)c(-c2c(C)cc(C)cc2C)cc(C(F)(F)F)c1F.Cc1cc(C)c(-c2cc(C(F)(F)F)c(F)c([C@H](CC(=O)O)NC(=O)C(CC(C)C)n3cc(CCN4CCC4)c(C(F)(F)F)cc3=O)c2F)c(C)c1. The molecule has 0 bridgehead atoms. The lowest BCUT2D eigenvalue weighted by atomic mass is 9.88. The lowest BCUT2D eigenvalue weighted by molar-refractivity contribution is -0.144. The fourth-order valence-corrected chi connectivity index (χ4v) is 13.4. The van der Waals surface area contributed by atoms with Crippen LogP contribution in [0.4, 0.5) is 70.2 Å². The quantitative estimate of drug-likeness (QED) is 0.0370. The monoisotopic (exact) mass is 1490 g/mol. The van der Waals surface area contributed by atoms with E-state index in [4.69, 9.17) is 4.74 Å². The van der Waals surface area contributed by atoms with Gasteiger partial charge in [-0.2, -0.15) is 52.7 Å². The highest BCUT2D eigenvalue weighted by Crippen LogP contribution is 2.45. The molecule has 0 aliphatic carbocycles. The van der Waals surface area contributed by atoms with Crippen LogP contribution in [0.2, 0.25) is 0 Å². The second-order valence-corrected chi connectivity index (χ2v) is 27.4. The molecule has 4 heterocycles. The third-order valence-corrected chi connectivity index (χ3v) is 18.3. The number of benzene rings is 4. The lowest BCUT2D eigenvalue weighted by Crippen LogP contribution is -2.41. The Morgan fingerprint density at radius 2 is 0.817 bits per heavy atom. The average Bonchev–Trinajstić information content (AvgIpc) is 0.758. The molecule has 8 rings (SSSR count). The van der Waals surface area contributed by atoms with Crippen LogP contribution in [-0.4, -0.2) is 93.7 Å². The molecule has 2 aliphatic heterocycles. The molecule has 3 N–H and O–H groups in total. The van der Waals surface area contributed by atoms with Crippen molar-refractivity contribution in [1.82, 2.24) is 29.6 Å². The van der Waals surface area contributed by atoms with Crippen molar-refractivity contribution in [3.8, 4) is 22.3 Å². The van der Waals surface area contributed by atoms with E-state index in [1.54, 1.807) is 79.7 Å². The van der Waals surface area contributed by atoms with E-state index < -0.39 is 170 Å². The number of hydrogen-bond donors (Lipinski definition) is 3. The molecule has 2 aromatic heterocycles. The molecular weight excluding hydrogens is 1400 g/mol. The molecule has 568 valence electrons. The normalized spacial score (nSPS) is 15.0. The third kappa shape index (κ3) is 19.9. The lowest BCUT2D eigenvalue weighted by Gasteiger charge is -2.31. The Morgan fingerprint density at radius 1 is 0.490 bits per heavy atom. The number of amides is 2. The summed E-state index contributed by atoms with van der Waals surface area (Å²) in [4.78, 5) is 83.2. The van der Waals surface area contributed by atoms with Crippen molar-refractivity contribution in [3.05, 3.63) is 183 Å². The number of aryl methyl sites for hydroxylation is 6. The summed E-state index contributed by atoms with van der Waals surface area (Å²) in [6, 6.07) is 0.182. The number of nitrogens with one attached hydrogen (secondary N) is 2. The van der Waals surface area contributed by atoms with Gasteiger partial charge in [0, 0.05) is 59.9 Å². The summed E-state index contributed by atoms with van der Waals surface area (Å²) in [7, 11) is 0. The minimum absolute atomic E-state index is 0.00463. The zero-order valence-corrected chi connectivity index (χ0v) is 59.0. The number of hydrogen-bond acceptors (Lipinski definition) is 9. The summed E-state index contributed by atoms with van der Waals surface area (Å²) in [6.07, 6.45) is -19.8. The largest absolute Gasteiger partial charge is 0.481 e. The molecule has 2 unspecified atom stereocenters. The molecule has 2 fully saturated rings. The smallest absolute Gasteiger partial charge is 0.419 e. The summed E-state index contributed by atoms with van der Waals surface area (Å²) in [6.45, 7) is 20.5. The molecule has 2 amide bonds. The maximum Gasteiger partial charge on any atom is 0.419 e. The minimum atomic E-state index is -5.37. The number of rotatable bonds is 25. The molecule has 4 aromatic carbocycles. The number of carbonyl (C=O) groups is 4. The maximum atomic E-state index is 16.7. The van der Waals surface area contributed by atoms with Gasteiger partial charge in [0.1, 0.15) is 35.4 Å². The van der Waals surface area contributed by atoms with Gasteiger partial charge in [-0.05, 0) is 182 Å². The van der Waals surface area contributed by atoms with Gasteiger partial charge in [-0.3, -0.25) is 28.8 Å². The zero-order chi connectivity index (χ0) is 77.7. The van der Waals surface area contributed by atoms with E-state index in [1.807, 2.05) is 9.80 Å². The van der Waals surface area contributed by atoms with Gasteiger partial charge in [-0.1, -0.05) is 63.1 Å². The highest BCUT2D eigenvalue weighted by Gasteiger charge is 2.44. The van der Waals surface area contributed by atoms with Gasteiger partial charge in [-0.15, -0.1) is 0 Å². The van der Waals surface area contributed by atoms with E-state index in [9.17, 15) is 86.6 Å². The molecule has 4 atom stereocenters. The van der Waals surface area contributed by atoms with Gasteiger partial charge in [-0.25, -0.2) is 17.6 Å². The van der Waals surface area contributed by atoms with Crippen molar-refractivity contribution in [2.75, 3.05) is 45.9 Å². The third-order valence-electron chi connectivity index (χ3n) is 18.3. The number of aromatic nitrogens is 2. The molecule has 104 heavy (non-hydrogen) atoms. The number of halogens is 16. The standard InChI is InChI=1S/C38H43F8N3O4.C36H39F8N3O4/c1-7-53-31(51)18-28(33-34(39)25(16-27(35(33)40)38(44,45)46)32-22(5)14-21(4)15-23(32)6)47-36(52)29(13-20(2)3)49-19-24(9-12-48-10-8-11-48)26(17-30(49)50)37(41,42)43;1-18(2)11-27(47-17-22(7-10-46-8-6-9-46)24(15-28(47)48)35(39,40)41)34(51)45-26(16-29(49)50)31-32(37)23(14-25(33(31)38)36(42,43)44)30-20(4)12-19(3)13-21(30)5/h14-17,19-20,28-29H,7-13,18H2,1-6H3,(H,47,52);12-15,17-18,26-27H,6-11,16H2,1-5H3,(H,45,51)(H,49,50)/t28-,29?;26-,27?/m00/s1. The summed E-state index contributed by atoms with van der Waals surface area (Å²) in [5.41, 5.74) is -10.1. The van der Waals surface area contributed by atoms with Gasteiger partial charge in [0.2, 0.25) is 11.8 Å². The van der Waals surface area contributed by atoms with Gasteiger partial charge in [0.15, 0.2) is 0 Å². The van der Waals surface area contributed by atoms with Gasteiger partial charge < -0.3 is 39.4 Å². The highest BCUT2D eigenvalue weighted by atomic mass is 19.4. The Morgan fingerprint density at radius 3 is 1.10 bits per heavy atom. The number of pyridine rings is 2. The first-order valence-corrected chi connectivity index (χ1v) is 33.7. The predicted molar refractivity (Wildman–Crippen MR) is 355 cm³/mol. The molecule has 2 aliphatic rings. The topological polar surface area (TPSA) is 172 Å². The first-order chi connectivity index (χ1) is 48.2. The summed E-state index contributed by atoms with van der Waals surface area (Å²) in [5, 5.41) is 14.1. The predicted octanol–water partition coefficient (Wildman–Crippen LogP) is 16.3. The number of likely N-dealkylation sites (tertiary alicyclic amines) is 2. The van der Waals surface area contributed by atoms with E-state index >= 15 is 17.6 Å².